The van der Waals surface area contributed by atoms with E-state index in [4.69, 9.17) is 15.1 Å². The molecule has 2 aromatic heterocycles. The zero-order valence-corrected chi connectivity index (χ0v) is 16.2. The SMILES string of the molecule is COc1ccc(-c2nnc(SCc3noc(-c4cccc(C)c4)n3)n2N)cc1. The summed E-state index contributed by atoms with van der Waals surface area (Å²) in [6.07, 6.45) is 0. The van der Waals surface area contributed by atoms with E-state index >= 15 is 0 Å². The van der Waals surface area contributed by atoms with E-state index in [0.29, 0.717) is 28.4 Å². The average molecular weight is 394 g/mol. The molecule has 4 rings (SSSR count). The zero-order valence-electron chi connectivity index (χ0n) is 15.4. The fraction of sp³-hybridized carbons (Fsp3) is 0.158. The normalized spacial score (nSPS) is 10.9. The highest BCUT2D eigenvalue weighted by Crippen LogP contribution is 2.26. The third-order valence-electron chi connectivity index (χ3n) is 4.08. The highest BCUT2D eigenvalue weighted by Gasteiger charge is 2.15. The van der Waals surface area contributed by atoms with E-state index in [1.807, 2.05) is 55.5 Å². The number of aryl methyl sites for hydroxylation is 1. The van der Waals surface area contributed by atoms with Gasteiger partial charge in [0, 0.05) is 11.1 Å². The molecule has 0 amide bonds. The van der Waals surface area contributed by atoms with Crippen LogP contribution in [0.2, 0.25) is 0 Å². The summed E-state index contributed by atoms with van der Waals surface area (Å²) in [4.78, 5) is 4.44. The van der Waals surface area contributed by atoms with Gasteiger partial charge in [-0.05, 0) is 43.3 Å². The minimum absolute atomic E-state index is 0.466. The predicted molar refractivity (Wildman–Crippen MR) is 106 cm³/mol. The second kappa shape index (κ2) is 7.73. The lowest BCUT2D eigenvalue weighted by molar-refractivity contribution is 0.415. The maximum absolute atomic E-state index is 6.16. The number of rotatable bonds is 6. The Labute approximate surface area is 165 Å². The molecule has 0 aliphatic rings. The van der Waals surface area contributed by atoms with Gasteiger partial charge in [0.25, 0.3) is 5.89 Å². The average Bonchev–Trinajstić information content (AvgIpc) is 3.33. The number of aromatic nitrogens is 5. The summed E-state index contributed by atoms with van der Waals surface area (Å²) in [5.41, 5.74) is 2.88. The van der Waals surface area contributed by atoms with E-state index in [1.165, 1.54) is 16.4 Å². The monoisotopic (exact) mass is 394 g/mol. The quantitative estimate of drug-likeness (QED) is 0.392. The lowest BCUT2D eigenvalue weighted by Crippen LogP contribution is -2.11. The van der Waals surface area contributed by atoms with Gasteiger partial charge in [0.2, 0.25) is 5.16 Å². The number of benzene rings is 2. The zero-order chi connectivity index (χ0) is 19.5. The van der Waals surface area contributed by atoms with Crippen LogP contribution in [0.3, 0.4) is 0 Å². The Hall–Kier alpha value is -3.33. The molecule has 0 spiro atoms. The van der Waals surface area contributed by atoms with Gasteiger partial charge < -0.3 is 15.1 Å². The number of nitrogens with zero attached hydrogens (tertiary/aromatic N) is 5. The molecular formula is C19H18N6O2S. The maximum atomic E-state index is 6.16. The van der Waals surface area contributed by atoms with Crippen LogP contribution in [-0.2, 0) is 5.75 Å². The minimum atomic E-state index is 0.466. The Morgan fingerprint density at radius 3 is 2.68 bits per heavy atom. The first-order valence-electron chi connectivity index (χ1n) is 8.51. The van der Waals surface area contributed by atoms with Crippen LogP contribution in [-0.4, -0.2) is 32.1 Å². The number of methoxy groups -OCH3 is 1. The third kappa shape index (κ3) is 3.70. The standard InChI is InChI=1S/C19H18N6O2S/c1-12-4-3-5-14(10-12)18-21-16(24-27-18)11-28-19-23-22-17(25(19)20)13-6-8-15(26-2)9-7-13/h3-10H,11,20H2,1-2H3. The molecular weight excluding hydrogens is 376 g/mol. The van der Waals surface area contributed by atoms with Gasteiger partial charge in [0.05, 0.1) is 12.9 Å². The minimum Gasteiger partial charge on any atom is -0.497 e. The Bertz CT molecular complexity index is 1090. The third-order valence-corrected chi connectivity index (χ3v) is 5.02. The van der Waals surface area contributed by atoms with Crippen LogP contribution < -0.4 is 10.6 Å². The van der Waals surface area contributed by atoms with Crippen molar-refractivity contribution in [3.05, 3.63) is 59.9 Å². The molecule has 9 heteroatoms. The molecule has 2 aromatic carbocycles. The van der Waals surface area contributed by atoms with Crippen molar-refractivity contribution in [2.45, 2.75) is 17.8 Å². The number of thioether (sulfide) groups is 1. The number of hydrogen-bond acceptors (Lipinski definition) is 8. The van der Waals surface area contributed by atoms with Crippen molar-refractivity contribution in [1.82, 2.24) is 25.0 Å². The van der Waals surface area contributed by atoms with Crippen LogP contribution in [0.15, 0.2) is 58.2 Å². The van der Waals surface area contributed by atoms with Crippen molar-refractivity contribution in [3.63, 3.8) is 0 Å². The van der Waals surface area contributed by atoms with Gasteiger partial charge in [-0.15, -0.1) is 10.2 Å². The van der Waals surface area contributed by atoms with Gasteiger partial charge in [0.15, 0.2) is 11.6 Å². The van der Waals surface area contributed by atoms with Crippen molar-refractivity contribution < 1.29 is 9.26 Å². The van der Waals surface area contributed by atoms with Crippen molar-refractivity contribution in [2.75, 3.05) is 13.0 Å². The highest BCUT2D eigenvalue weighted by molar-refractivity contribution is 7.98. The summed E-state index contributed by atoms with van der Waals surface area (Å²) in [5, 5.41) is 12.9. The van der Waals surface area contributed by atoms with E-state index in [9.17, 15) is 0 Å². The molecule has 28 heavy (non-hydrogen) atoms. The number of nitrogen functional groups attached to an aromatic ring is 1. The summed E-state index contributed by atoms with van der Waals surface area (Å²) in [5.74, 6) is 9.02. The van der Waals surface area contributed by atoms with Crippen LogP contribution in [0.4, 0.5) is 0 Å². The van der Waals surface area contributed by atoms with Crippen molar-refractivity contribution in [2.24, 2.45) is 0 Å². The molecule has 0 radical (unpaired) electrons. The lowest BCUT2D eigenvalue weighted by atomic mass is 10.1. The van der Waals surface area contributed by atoms with Crippen molar-refractivity contribution in [3.8, 4) is 28.6 Å². The van der Waals surface area contributed by atoms with Crippen LogP contribution in [0, 0.1) is 6.92 Å². The topological polar surface area (TPSA) is 105 Å². The molecule has 2 heterocycles. The van der Waals surface area contributed by atoms with Gasteiger partial charge in [-0.3, -0.25) is 0 Å². The highest BCUT2D eigenvalue weighted by atomic mass is 32.2. The fourth-order valence-electron chi connectivity index (χ4n) is 2.65. The number of hydrogen-bond donors (Lipinski definition) is 1. The van der Waals surface area contributed by atoms with Crippen LogP contribution in [0.25, 0.3) is 22.8 Å². The van der Waals surface area contributed by atoms with Crippen molar-refractivity contribution >= 4 is 11.8 Å². The second-order valence-corrected chi connectivity index (χ2v) is 7.02. The van der Waals surface area contributed by atoms with Gasteiger partial charge in [0.1, 0.15) is 5.75 Å². The summed E-state index contributed by atoms with van der Waals surface area (Å²) in [6.45, 7) is 2.02. The van der Waals surface area contributed by atoms with Crippen LogP contribution in [0.1, 0.15) is 11.4 Å². The Kier molecular flexibility index (Phi) is 4.98. The largest absolute Gasteiger partial charge is 0.497 e. The molecule has 8 nitrogen and oxygen atoms in total. The number of ether oxygens (including phenoxy) is 1. The molecule has 0 fully saturated rings. The van der Waals surface area contributed by atoms with Gasteiger partial charge >= 0.3 is 0 Å². The molecule has 142 valence electrons. The lowest BCUT2D eigenvalue weighted by Gasteiger charge is -2.04. The molecule has 4 aromatic rings. The molecule has 0 unspecified atom stereocenters. The molecule has 0 aliphatic heterocycles. The number of nitrogens with two attached hydrogens (primary N) is 1. The summed E-state index contributed by atoms with van der Waals surface area (Å²) < 4.78 is 12.0. The van der Waals surface area contributed by atoms with Gasteiger partial charge in [-0.25, -0.2) is 4.68 Å². The molecule has 0 atom stereocenters. The van der Waals surface area contributed by atoms with Gasteiger partial charge in [-0.2, -0.15) is 4.98 Å². The first kappa shape index (κ1) is 18.1. The summed E-state index contributed by atoms with van der Waals surface area (Å²) in [6, 6.07) is 15.4. The van der Waals surface area contributed by atoms with Crippen LogP contribution >= 0.6 is 11.8 Å². The molecule has 0 saturated carbocycles. The van der Waals surface area contributed by atoms with E-state index < -0.39 is 0 Å². The summed E-state index contributed by atoms with van der Waals surface area (Å²) >= 11 is 1.39. The van der Waals surface area contributed by atoms with Crippen LogP contribution in [0.5, 0.6) is 5.75 Å². The first-order valence-corrected chi connectivity index (χ1v) is 9.50. The molecule has 0 bridgehead atoms. The Morgan fingerprint density at radius 2 is 1.93 bits per heavy atom. The van der Waals surface area contributed by atoms with E-state index in [1.54, 1.807) is 7.11 Å². The molecule has 0 aliphatic carbocycles. The van der Waals surface area contributed by atoms with E-state index in [0.717, 1.165) is 22.4 Å². The maximum Gasteiger partial charge on any atom is 0.257 e. The predicted octanol–water partition coefficient (Wildman–Crippen LogP) is 3.32. The van der Waals surface area contributed by atoms with Crippen molar-refractivity contribution in [1.29, 1.82) is 0 Å². The molecule has 0 saturated heterocycles. The Balaban J connectivity index is 1.46. The smallest absolute Gasteiger partial charge is 0.257 e. The van der Waals surface area contributed by atoms with E-state index in [-0.39, 0.29) is 0 Å². The fourth-order valence-corrected chi connectivity index (χ4v) is 3.35. The first-order chi connectivity index (χ1) is 13.6. The summed E-state index contributed by atoms with van der Waals surface area (Å²) in [7, 11) is 1.62. The van der Waals surface area contributed by atoms with Gasteiger partial charge in [-0.1, -0.05) is 34.6 Å². The molecule has 2 N–H and O–H groups in total. The Morgan fingerprint density at radius 1 is 1.11 bits per heavy atom. The van der Waals surface area contributed by atoms with E-state index in [2.05, 4.69) is 20.3 Å². The second-order valence-electron chi connectivity index (χ2n) is 6.08.